The Hall–Kier alpha value is -1.69. The molecular formula is C26H36BF2N2O6PS. The van der Waals surface area contributed by atoms with Crippen molar-refractivity contribution >= 4 is 28.7 Å². The molecule has 2 aliphatic rings. The third kappa shape index (κ3) is 6.80. The fourth-order valence-corrected chi connectivity index (χ4v) is 5.51. The van der Waals surface area contributed by atoms with Gasteiger partial charge < -0.3 is 14.4 Å². The Morgan fingerprint density at radius 2 is 1.77 bits per heavy atom. The van der Waals surface area contributed by atoms with Crippen molar-refractivity contribution in [1.82, 2.24) is 9.55 Å². The second-order valence-electron chi connectivity index (χ2n) is 11.3. The van der Waals surface area contributed by atoms with Gasteiger partial charge in [-0.2, -0.15) is 0 Å². The molecule has 1 aromatic carbocycles. The maximum Gasteiger partial charge on any atom is 0.399 e. The molecule has 2 aliphatic heterocycles. The molecule has 8 nitrogen and oxygen atoms in total. The summed E-state index contributed by atoms with van der Waals surface area (Å²) in [5.41, 5.74) is -2.27. The van der Waals surface area contributed by atoms with E-state index in [9.17, 15) is 14.3 Å². The maximum atomic E-state index is 15.5. The molecule has 2 N–H and O–H groups in total. The van der Waals surface area contributed by atoms with Crippen molar-refractivity contribution in [2.24, 2.45) is 0 Å². The fourth-order valence-electron chi connectivity index (χ4n) is 4.28. The number of aliphatic hydroxyl groups is 1. The van der Waals surface area contributed by atoms with E-state index in [-0.39, 0.29) is 29.7 Å². The Morgan fingerprint density at radius 3 is 2.36 bits per heavy atom. The number of nitrogens with zero attached hydrogens (tertiary/aromatic N) is 1. The first-order valence-corrected chi connectivity index (χ1v) is 14.3. The first-order chi connectivity index (χ1) is 18.0. The van der Waals surface area contributed by atoms with Crippen LogP contribution in [0.4, 0.5) is 8.78 Å². The van der Waals surface area contributed by atoms with Gasteiger partial charge in [0, 0.05) is 5.56 Å². The second kappa shape index (κ2) is 11.7. The Morgan fingerprint density at radius 1 is 1.15 bits per heavy atom. The largest absolute Gasteiger partial charge is 0.426 e. The molecule has 214 valence electrons. The predicted molar refractivity (Wildman–Crippen MR) is 148 cm³/mol. The molecule has 4 rings (SSSR count). The summed E-state index contributed by atoms with van der Waals surface area (Å²) in [6.07, 6.45) is -0.620. The lowest BCUT2D eigenvalue weighted by atomic mass is 9.78. The van der Waals surface area contributed by atoms with E-state index in [1.165, 1.54) is 0 Å². The van der Waals surface area contributed by atoms with E-state index in [2.05, 4.69) is 4.98 Å². The summed E-state index contributed by atoms with van der Waals surface area (Å²) >= 11 is 4.73. The third-order valence-electron chi connectivity index (χ3n) is 6.32. The van der Waals surface area contributed by atoms with Crippen LogP contribution in [-0.2, 0) is 31.2 Å². The van der Waals surface area contributed by atoms with Crippen molar-refractivity contribution in [2.75, 3.05) is 0 Å². The third-order valence-corrected chi connectivity index (χ3v) is 7.73. The highest BCUT2D eigenvalue weighted by Crippen LogP contribution is 2.54. The number of benzene rings is 1. The fraction of sp³-hybridized carbons (Fsp3) is 0.615. The molecule has 1 saturated heterocycles. The number of nitrogens with one attached hydrogen (secondary N) is 1. The Labute approximate surface area is 235 Å². The minimum Gasteiger partial charge on any atom is -0.426 e. The molecule has 2 radical (unpaired) electrons. The van der Waals surface area contributed by atoms with E-state index in [1.807, 2.05) is 55.4 Å². The molecule has 0 spiro atoms. The van der Waals surface area contributed by atoms with Gasteiger partial charge in [-0.3, -0.25) is 18.6 Å². The van der Waals surface area contributed by atoms with Gasteiger partial charge in [-0.25, -0.2) is 13.6 Å². The van der Waals surface area contributed by atoms with Gasteiger partial charge in [0.1, 0.15) is 28.5 Å². The number of hydrogen-bond donors (Lipinski definition) is 2. The van der Waals surface area contributed by atoms with Crippen LogP contribution in [0.25, 0.3) is 0 Å². The van der Waals surface area contributed by atoms with Gasteiger partial charge in [0.15, 0.2) is 19.3 Å². The molecule has 1 aromatic heterocycles. The van der Waals surface area contributed by atoms with Gasteiger partial charge in [-0.05, 0) is 35.3 Å². The number of aromatic nitrogens is 2. The predicted octanol–water partition coefficient (Wildman–Crippen LogP) is 6.15. The highest BCUT2D eigenvalue weighted by atomic mass is 32.1. The lowest BCUT2D eigenvalue weighted by Crippen LogP contribution is -2.45. The summed E-state index contributed by atoms with van der Waals surface area (Å²) in [5.74, 6) is -0.892. The molecule has 39 heavy (non-hydrogen) atoms. The first-order valence-electron chi connectivity index (χ1n) is 12.8. The SMILES string of the molecule is CC.[B]C(O)(OP1OCc2c(F)c(C(C)(C)C)cc(C(C)(C)C)c2O1)C1CCC(n2cc(F)c(=S)[nH]c2=O)O1. The molecule has 0 aliphatic carbocycles. The van der Waals surface area contributed by atoms with E-state index in [1.54, 1.807) is 6.07 Å². The minimum absolute atomic E-state index is 0.137. The van der Waals surface area contributed by atoms with Crippen LogP contribution in [0.2, 0.25) is 0 Å². The van der Waals surface area contributed by atoms with Gasteiger partial charge in [-0.15, -0.1) is 0 Å². The van der Waals surface area contributed by atoms with Crippen molar-refractivity contribution in [3.8, 4) is 5.75 Å². The van der Waals surface area contributed by atoms with Crippen molar-refractivity contribution in [3.05, 3.63) is 55.7 Å². The van der Waals surface area contributed by atoms with Crippen LogP contribution >= 0.6 is 20.8 Å². The first kappa shape index (κ1) is 31.8. The summed E-state index contributed by atoms with van der Waals surface area (Å²) in [6.45, 7) is 15.6. The quantitative estimate of drug-likeness (QED) is 0.193. The molecule has 3 heterocycles. The van der Waals surface area contributed by atoms with Crippen molar-refractivity contribution in [2.45, 2.75) is 104 Å². The zero-order valence-electron chi connectivity index (χ0n) is 23.6. The Balaban J connectivity index is 0.00000205. The molecule has 0 saturated carbocycles. The summed E-state index contributed by atoms with van der Waals surface area (Å²) in [6, 6.07) is 1.80. The van der Waals surface area contributed by atoms with E-state index >= 15 is 4.39 Å². The lowest BCUT2D eigenvalue weighted by molar-refractivity contribution is -0.172. The highest BCUT2D eigenvalue weighted by molar-refractivity contribution is 7.71. The molecule has 4 atom stereocenters. The number of rotatable bonds is 4. The number of fused-ring (bicyclic) bond motifs is 1. The number of aromatic amines is 1. The monoisotopic (exact) mass is 584 g/mol. The Bertz CT molecular complexity index is 1320. The van der Waals surface area contributed by atoms with E-state index in [4.69, 9.17) is 38.4 Å². The smallest absolute Gasteiger partial charge is 0.399 e. The molecule has 0 amide bonds. The van der Waals surface area contributed by atoms with Gasteiger partial charge in [0.05, 0.1) is 18.4 Å². The zero-order valence-corrected chi connectivity index (χ0v) is 25.3. The molecule has 13 heteroatoms. The molecule has 0 bridgehead atoms. The minimum atomic E-state index is -2.37. The van der Waals surface area contributed by atoms with Crippen LogP contribution in [0.3, 0.4) is 0 Å². The van der Waals surface area contributed by atoms with Crippen LogP contribution in [-0.4, -0.2) is 34.3 Å². The van der Waals surface area contributed by atoms with Crippen LogP contribution in [0.5, 0.6) is 5.75 Å². The van der Waals surface area contributed by atoms with Crippen molar-refractivity contribution in [3.63, 3.8) is 0 Å². The van der Waals surface area contributed by atoms with Crippen LogP contribution in [0, 0.1) is 16.3 Å². The Kier molecular flexibility index (Phi) is 9.52. The lowest BCUT2D eigenvalue weighted by Gasteiger charge is -2.37. The maximum absolute atomic E-state index is 15.5. The van der Waals surface area contributed by atoms with Crippen LogP contribution < -0.4 is 10.2 Å². The van der Waals surface area contributed by atoms with Crippen LogP contribution in [0.15, 0.2) is 17.1 Å². The van der Waals surface area contributed by atoms with Gasteiger partial charge in [0.25, 0.3) is 0 Å². The number of H-pyrrole nitrogens is 1. The summed E-state index contributed by atoms with van der Waals surface area (Å²) in [5, 5.41) is 10.9. The topological polar surface area (TPSA) is 94.9 Å². The molecule has 1 fully saturated rings. The van der Waals surface area contributed by atoms with E-state index in [0.29, 0.717) is 11.3 Å². The standard InChI is InChI=1S/C24H30BF2N2O6PS.C2H6/c1-22(2,3)13-9-14(23(4,5)6)19-12(18(13)27)11-32-36(34-19)35-24(25,31)16-7-8-17(33-16)29-10-15(26)20(37)28-21(29)30;1-2/h9-10,16-17,31H,7-8,11H2,1-6H3,(H,28,30,37);1-2H3. The van der Waals surface area contributed by atoms with Crippen LogP contribution in [0.1, 0.15) is 91.1 Å². The summed E-state index contributed by atoms with van der Waals surface area (Å²) in [7, 11) is 3.81. The van der Waals surface area contributed by atoms with Crippen molar-refractivity contribution < 1.29 is 32.2 Å². The summed E-state index contributed by atoms with van der Waals surface area (Å²) < 4.78 is 53.0. The normalized spacial score (nSPS) is 22.8. The molecular weight excluding hydrogens is 548 g/mol. The average molecular weight is 584 g/mol. The van der Waals surface area contributed by atoms with E-state index in [0.717, 1.165) is 16.3 Å². The second-order valence-corrected chi connectivity index (χ2v) is 12.8. The summed E-state index contributed by atoms with van der Waals surface area (Å²) in [4.78, 5) is 14.4. The number of halogens is 2. The van der Waals surface area contributed by atoms with Gasteiger partial charge in [0.2, 0.25) is 0 Å². The van der Waals surface area contributed by atoms with E-state index < -0.39 is 54.8 Å². The number of ether oxygens (including phenoxy) is 1. The van der Waals surface area contributed by atoms with Crippen molar-refractivity contribution in [1.29, 1.82) is 0 Å². The van der Waals surface area contributed by atoms with Gasteiger partial charge >= 0.3 is 14.3 Å². The number of hydrogen-bond acceptors (Lipinski definition) is 7. The molecule has 2 aromatic rings. The zero-order chi connectivity index (χ0) is 29.5. The molecule has 4 unspecified atom stereocenters. The average Bonchev–Trinajstić information content (AvgIpc) is 3.32. The highest BCUT2D eigenvalue weighted by Gasteiger charge is 2.45. The van der Waals surface area contributed by atoms with Gasteiger partial charge in [-0.1, -0.05) is 67.6 Å².